The summed E-state index contributed by atoms with van der Waals surface area (Å²) < 4.78 is 4.89. The van der Waals surface area contributed by atoms with Crippen LogP contribution in [0.25, 0.3) is 0 Å². The van der Waals surface area contributed by atoms with Crippen LogP contribution in [-0.2, 0) is 14.3 Å². The Hall–Kier alpha value is -0.700. The van der Waals surface area contributed by atoms with Gasteiger partial charge < -0.3 is 4.74 Å². The zero-order valence-corrected chi connectivity index (χ0v) is 7.34. The summed E-state index contributed by atoms with van der Waals surface area (Å²) in [5.41, 5.74) is 0. The van der Waals surface area contributed by atoms with Gasteiger partial charge in [0.2, 0.25) is 0 Å². The van der Waals surface area contributed by atoms with Gasteiger partial charge in [0, 0.05) is 26.6 Å². The van der Waals surface area contributed by atoms with Gasteiger partial charge in [-0.15, -0.1) is 0 Å². The molecule has 1 aliphatic carbocycles. The van der Waals surface area contributed by atoms with Gasteiger partial charge in [-0.2, -0.15) is 0 Å². The SMILES string of the molecule is COCCC1CC(=O)CC(=O)C1. The highest BCUT2D eigenvalue weighted by Crippen LogP contribution is 2.21. The summed E-state index contributed by atoms with van der Waals surface area (Å²) in [6.45, 7) is 0.644. The topological polar surface area (TPSA) is 43.4 Å². The second-order valence-corrected chi connectivity index (χ2v) is 3.31. The van der Waals surface area contributed by atoms with E-state index < -0.39 is 0 Å². The number of carbonyl (C=O) groups excluding carboxylic acids is 2. The van der Waals surface area contributed by atoms with Crippen molar-refractivity contribution in [1.29, 1.82) is 0 Å². The van der Waals surface area contributed by atoms with Crippen molar-refractivity contribution in [1.82, 2.24) is 0 Å². The van der Waals surface area contributed by atoms with Gasteiger partial charge >= 0.3 is 0 Å². The second kappa shape index (κ2) is 4.36. The Morgan fingerprint density at radius 1 is 1.33 bits per heavy atom. The van der Waals surface area contributed by atoms with E-state index in [9.17, 15) is 9.59 Å². The van der Waals surface area contributed by atoms with E-state index in [0.29, 0.717) is 19.4 Å². The van der Waals surface area contributed by atoms with Crippen LogP contribution in [0.3, 0.4) is 0 Å². The average Bonchev–Trinajstić information content (AvgIpc) is 1.99. The minimum atomic E-state index is 0.0901. The smallest absolute Gasteiger partial charge is 0.140 e. The molecule has 0 unspecified atom stereocenters. The fourth-order valence-corrected chi connectivity index (χ4v) is 1.57. The van der Waals surface area contributed by atoms with Gasteiger partial charge in [-0.1, -0.05) is 0 Å². The number of methoxy groups -OCH3 is 1. The van der Waals surface area contributed by atoms with E-state index in [1.165, 1.54) is 0 Å². The molecule has 1 aliphatic rings. The first-order valence-electron chi connectivity index (χ1n) is 4.24. The van der Waals surface area contributed by atoms with Crippen molar-refractivity contribution in [2.24, 2.45) is 5.92 Å². The number of rotatable bonds is 3. The summed E-state index contributed by atoms with van der Waals surface area (Å²) in [6.07, 6.45) is 2.11. The highest BCUT2D eigenvalue weighted by molar-refractivity contribution is 6.01. The molecule has 0 aliphatic heterocycles. The number of hydrogen-bond donors (Lipinski definition) is 0. The molecule has 3 nitrogen and oxygen atoms in total. The summed E-state index contributed by atoms with van der Waals surface area (Å²) in [4.78, 5) is 22.0. The monoisotopic (exact) mass is 170 g/mol. The van der Waals surface area contributed by atoms with Crippen LogP contribution in [0.5, 0.6) is 0 Å². The van der Waals surface area contributed by atoms with Crippen LogP contribution in [0.1, 0.15) is 25.7 Å². The lowest BCUT2D eigenvalue weighted by atomic mass is 9.85. The van der Waals surface area contributed by atoms with E-state index in [1.54, 1.807) is 7.11 Å². The fourth-order valence-electron chi connectivity index (χ4n) is 1.57. The maximum Gasteiger partial charge on any atom is 0.140 e. The highest BCUT2D eigenvalue weighted by atomic mass is 16.5. The summed E-state index contributed by atoms with van der Waals surface area (Å²) in [5.74, 6) is 0.415. The third-order valence-electron chi connectivity index (χ3n) is 2.16. The Bertz CT molecular complexity index is 170. The molecular weight excluding hydrogens is 156 g/mol. The Labute approximate surface area is 72.1 Å². The first-order chi connectivity index (χ1) is 5.72. The molecule has 1 rings (SSSR count). The van der Waals surface area contributed by atoms with Crippen molar-refractivity contribution in [2.75, 3.05) is 13.7 Å². The van der Waals surface area contributed by atoms with Gasteiger partial charge in [-0.05, 0) is 12.3 Å². The molecule has 0 radical (unpaired) electrons. The Kier molecular flexibility index (Phi) is 3.41. The van der Waals surface area contributed by atoms with Gasteiger partial charge in [-0.3, -0.25) is 9.59 Å². The zero-order valence-electron chi connectivity index (χ0n) is 7.34. The largest absolute Gasteiger partial charge is 0.385 e. The summed E-state index contributed by atoms with van der Waals surface area (Å²) in [7, 11) is 1.63. The van der Waals surface area contributed by atoms with Crippen LogP contribution in [0.4, 0.5) is 0 Å². The molecule has 0 aromatic heterocycles. The van der Waals surface area contributed by atoms with Gasteiger partial charge in [0.15, 0.2) is 0 Å². The normalized spacial score (nSPS) is 20.1. The molecule has 0 saturated heterocycles. The molecule has 0 aromatic rings. The quantitative estimate of drug-likeness (QED) is 0.592. The third-order valence-corrected chi connectivity index (χ3v) is 2.16. The number of hydrogen-bond acceptors (Lipinski definition) is 3. The summed E-state index contributed by atoms with van der Waals surface area (Å²) in [6, 6.07) is 0. The molecule has 68 valence electrons. The standard InChI is InChI=1S/C9H14O3/c1-12-3-2-7-4-8(10)6-9(11)5-7/h7H,2-6H2,1H3. The Morgan fingerprint density at radius 3 is 2.42 bits per heavy atom. The molecule has 0 N–H and O–H groups in total. The predicted molar refractivity (Wildman–Crippen MR) is 43.8 cm³/mol. The van der Waals surface area contributed by atoms with Crippen LogP contribution in [0, 0.1) is 5.92 Å². The molecule has 1 saturated carbocycles. The molecule has 0 amide bonds. The van der Waals surface area contributed by atoms with E-state index in [1.807, 2.05) is 0 Å². The first-order valence-corrected chi connectivity index (χ1v) is 4.24. The van der Waals surface area contributed by atoms with Crippen molar-refractivity contribution >= 4 is 11.6 Å². The minimum Gasteiger partial charge on any atom is -0.385 e. The molecule has 0 aromatic carbocycles. The van der Waals surface area contributed by atoms with Gasteiger partial charge in [0.25, 0.3) is 0 Å². The van der Waals surface area contributed by atoms with E-state index in [-0.39, 0.29) is 23.9 Å². The van der Waals surface area contributed by atoms with Crippen LogP contribution in [0.2, 0.25) is 0 Å². The van der Waals surface area contributed by atoms with Crippen molar-refractivity contribution in [2.45, 2.75) is 25.7 Å². The lowest BCUT2D eigenvalue weighted by Crippen LogP contribution is -2.23. The second-order valence-electron chi connectivity index (χ2n) is 3.31. The Balaban J connectivity index is 2.34. The average molecular weight is 170 g/mol. The number of Topliss-reactive ketones (excluding diaryl/α,β-unsaturated/α-hetero) is 2. The van der Waals surface area contributed by atoms with Crippen molar-refractivity contribution in [3.8, 4) is 0 Å². The van der Waals surface area contributed by atoms with Gasteiger partial charge in [-0.25, -0.2) is 0 Å². The molecule has 3 heteroatoms. The molecular formula is C9H14O3. The van der Waals surface area contributed by atoms with Gasteiger partial charge in [0.1, 0.15) is 11.6 Å². The molecule has 12 heavy (non-hydrogen) atoms. The summed E-state index contributed by atoms with van der Waals surface area (Å²) >= 11 is 0. The van der Waals surface area contributed by atoms with Crippen LogP contribution in [-0.4, -0.2) is 25.3 Å². The van der Waals surface area contributed by atoms with E-state index in [4.69, 9.17) is 4.74 Å². The minimum absolute atomic E-state index is 0.0901. The number of carbonyl (C=O) groups is 2. The lowest BCUT2D eigenvalue weighted by molar-refractivity contribution is -0.131. The molecule has 1 fully saturated rings. The van der Waals surface area contributed by atoms with Crippen LogP contribution >= 0.6 is 0 Å². The van der Waals surface area contributed by atoms with E-state index in [0.717, 1.165) is 6.42 Å². The maximum absolute atomic E-state index is 11.0. The lowest BCUT2D eigenvalue weighted by Gasteiger charge is -2.18. The van der Waals surface area contributed by atoms with Gasteiger partial charge in [0.05, 0.1) is 6.42 Å². The van der Waals surface area contributed by atoms with E-state index in [2.05, 4.69) is 0 Å². The Morgan fingerprint density at radius 2 is 1.92 bits per heavy atom. The van der Waals surface area contributed by atoms with Crippen LogP contribution < -0.4 is 0 Å². The zero-order chi connectivity index (χ0) is 8.97. The maximum atomic E-state index is 11.0. The fraction of sp³-hybridized carbons (Fsp3) is 0.778. The summed E-state index contributed by atoms with van der Waals surface area (Å²) in [5, 5.41) is 0. The van der Waals surface area contributed by atoms with Crippen molar-refractivity contribution < 1.29 is 14.3 Å². The number of ketones is 2. The van der Waals surface area contributed by atoms with Crippen LogP contribution in [0.15, 0.2) is 0 Å². The number of ether oxygens (including phenoxy) is 1. The van der Waals surface area contributed by atoms with Crippen molar-refractivity contribution in [3.63, 3.8) is 0 Å². The third kappa shape index (κ3) is 2.74. The molecule has 0 heterocycles. The predicted octanol–water partition coefficient (Wildman–Crippen LogP) is 0.961. The molecule has 0 spiro atoms. The highest BCUT2D eigenvalue weighted by Gasteiger charge is 2.24. The molecule has 0 bridgehead atoms. The first kappa shape index (κ1) is 9.39. The van der Waals surface area contributed by atoms with Crippen molar-refractivity contribution in [3.05, 3.63) is 0 Å². The van der Waals surface area contributed by atoms with E-state index >= 15 is 0 Å². The molecule has 0 atom stereocenters.